The van der Waals surface area contributed by atoms with Crippen molar-refractivity contribution in [3.8, 4) is 0 Å². The Morgan fingerprint density at radius 2 is 1.94 bits per heavy atom. The largest absolute Gasteiger partial charge is 0.481 e. The lowest BCUT2D eigenvalue weighted by Gasteiger charge is -2.20. The summed E-state index contributed by atoms with van der Waals surface area (Å²) in [6, 6.07) is 5.68. The van der Waals surface area contributed by atoms with E-state index in [9.17, 15) is 9.59 Å². The van der Waals surface area contributed by atoms with Crippen LogP contribution in [0.4, 0.5) is 0 Å². The zero-order chi connectivity index (χ0) is 13.9. The maximum atomic E-state index is 12.2. The lowest BCUT2D eigenvalue weighted by Crippen LogP contribution is -2.34. The molecule has 1 N–H and O–H groups in total. The molecule has 0 aliphatic heterocycles. The number of nitrogens with zero attached hydrogens (tertiary/aromatic N) is 1. The van der Waals surface area contributed by atoms with Gasteiger partial charge in [-0.1, -0.05) is 24.6 Å². The Labute approximate surface area is 107 Å². The first kappa shape index (κ1) is 14.2. The van der Waals surface area contributed by atoms with Gasteiger partial charge in [-0.15, -0.1) is 0 Å². The number of aryl methyl sites for hydroxylation is 2. The average Bonchev–Trinajstić information content (AvgIpc) is 2.31. The van der Waals surface area contributed by atoms with Gasteiger partial charge in [0.25, 0.3) is 5.91 Å². The zero-order valence-corrected chi connectivity index (χ0v) is 11.2. The SMILES string of the molecule is Cc1ccc(C)c(C(=O)N(C)CC(C)C(=O)O)c1. The van der Waals surface area contributed by atoms with Crippen LogP contribution in [0.5, 0.6) is 0 Å². The Morgan fingerprint density at radius 1 is 1.33 bits per heavy atom. The van der Waals surface area contributed by atoms with Gasteiger partial charge in [0.05, 0.1) is 5.92 Å². The zero-order valence-electron chi connectivity index (χ0n) is 11.2. The van der Waals surface area contributed by atoms with Crippen LogP contribution in [0.2, 0.25) is 0 Å². The van der Waals surface area contributed by atoms with Crippen LogP contribution in [-0.2, 0) is 4.79 Å². The van der Waals surface area contributed by atoms with Crippen molar-refractivity contribution in [3.63, 3.8) is 0 Å². The van der Waals surface area contributed by atoms with Gasteiger partial charge in [0.1, 0.15) is 0 Å². The summed E-state index contributed by atoms with van der Waals surface area (Å²) >= 11 is 0. The van der Waals surface area contributed by atoms with Crippen molar-refractivity contribution in [3.05, 3.63) is 34.9 Å². The van der Waals surface area contributed by atoms with Crippen molar-refractivity contribution in [2.24, 2.45) is 5.92 Å². The van der Waals surface area contributed by atoms with Crippen LogP contribution in [-0.4, -0.2) is 35.5 Å². The number of amides is 1. The molecule has 1 unspecified atom stereocenters. The molecule has 0 aromatic heterocycles. The van der Waals surface area contributed by atoms with Crippen molar-refractivity contribution in [2.75, 3.05) is 13.6 Å². The fourth-order valence-electron chi connectivity index (χ4n) is 1.74. The lowest BCUT2D eigenvalue weighted by atomic mass is 10.0. The predicted molar refractivity (Wildman–Crippen MR) is 69.7 cm³/mol. The highest BCUT2D eigenvalue weighted by molar-refractivity contribution is 5.95. The molecule has 4 heteroatoms. The summed E-state index contributed by atoms with van der Waals surface area (Å²) < 4.78 is 0. The third-order valence-electron chi connectivity index (χ3n) is 2.94. The number of rotatable bonds is 4. The van der Waals surface area contributed by atoms with E-state index in [4.69, 9.17) is 5.11 Å². The molecule has 0 saturated carbocycles. The summed E-state index contributed by atoms with van der Waals surface area (Å²) in [6.07, 6.45) is 0. The van der Waals surface area contributed by atoms with Gasteiger partial charge in [-0.05, 0) is 25.5 Å². The molecule has 4 nitrogen and oxygen atoms in total. The number of carbonyl (C=O) groups excluding carboxylic acids is 1. The van der Waals surface area contributed by atoms with Gasteiger partial charge in [0.2, 0.25) is 0 Å². The summed E-state index contributed by atoms with van der Waals surface area (Å²) in [5.74, 6) is -1.59. The third-order valence-corrected chi connectivity index (χ3v) is 2.94. The smallest absolute Gasteiger partial charge is 0.308 e. The maximum absolute atomic E-state index is 12.2. The predicted octanol–water partition coefficient (Wildman–Crippen LogP) is 2.10. The minimum Gasteiger partial charge on any atom is -0.481 e. The van der Waals surface area contributed by atoms with Crippen molar-refractivity contribution >= 4 is 11.9 Å². The van der Waals surface area contributed by atoms with E-state index in [-0.39, 0.29) is 12.5 Å². The van der Waals surface area contributed by atoms with E-state index in [0.717, 1.165) is 11.1 Å². The van der Waals surface area contributed by atoms with E-state index in [1.165, 1.54) is 4.90 Å². The van der Waals surface area contributed by atoms with Gasteiger partial charge in [0, 0.05) is 19.2 Å². The highest BCUT2D eigenvalue weighted by atomic mass is 16.4. The molecule has 1 amide bonds. The van der Waals surface area contributed by atoms with Crippen LogP contribution in [0.15, 0.2) is 18.2 Å². The monoisotopic (exact) mass is 249 g/mol. The molecule has 98 valence electrons. The standard InChI is InChI=1S/C14H19NO3/c1-9-5-6-10(2)12(7-9)13(16)15(4)8-11(3)14(17)18/h5-7,11H,8H2,1-4H3,(H,17,18). The average molecular weight is 249 g/mol. The topological polar surface area (TPSA) is 57.6 Å². The van der Waals surface area contributed by atoms with E-state index in [2.05, 4.69) is 0 Å². The second-order valence-corrected chi connectivity index (χ2v) is 4.74. The Bertz CT molecular complexity index is 468. The first-order valence-electron chi connectivity index (χ1n) is 5.88. The Morgan fingerprint density at radius 3 is 2.50 bits per heavy atom. The molecular weight excluding hydrogens is 230 g/mol. The van der Waals surface area contributed by atoms with Crippen LogP contribution in [0, 0.1) is 19.8 Å². The van der Waals surface area contributed by atoms with Crippen LogP contribution >= 0.6 is 0 Å². The molecule has 0 heterocycles. The normalized spacial score (nSPS) is 12.0. The van der Waals surface area contributed by atoms with Gasteiger partial charge in [-0.2, -0.15) is 0 Å². The number of carbonyl (C=O) groups is 2. The van der Waals surface area contributed by atoms with Gasteiger partial charge in [-0.3, -0.25) is 9.59 Å². The minimum absolute atomic E-state index is 0.135. The molecular formula is C14H19NO3. The summed E-state index contributed by atoms with van der Waals surface area (Å²) in [7, 11) is 1.63. The van der Waals surface area contributed by atoms with Crippen molar-refractivity contribution in [1.29, 1.82) is 0 Å². The molecule has 0 bridgehead atoms. The van der Waals surface area contributed by atoms with E-state index in [1.54, 1.807) is 14.0 Å². The first-order chi connectivity index (χ1) is 8.32. The van der Waals surface area contributed by atoms with Gasteiger partial charge in [-0.25, -0.2) is 0 Å². The van der Waals surface area contributed by atoms with Crippen molar-refractivity contribution in [2.45, 2.75) is 20.8 Å². The number of benzene rings is 1. The lowest BCUT2D eigenvalue weighted by molar-refractivity contribution is -0.141. The molecule has 18 heavy (non-hydrogen) atoms. The maximum Gasteiger partial charge on any atom is 0.308 e. The molecule has 0 spiro atoms. The summed E-state index contributed by atoms with van der Waals surface area (Å²) in [4.78, 5) is 24.4. The Balaban J connectivity index is 2.86. The van der Waals surface area contributed by atoms with Crippen LogP contribution in [0.3, 0.4) is 0 Å². The summed E-state index contributed by atoms with van der Waals surface area (Å²) in [6.45, 7) is 5.61. The van der Waals surface area contributed by atoms with Gasteiger partial charge < -0.3 is 10.0 Å². The van der Waals surface area contributed by atoms with Crippen molar-refractivity contribution in [1.82, 2.24) is 4.90 Å². The summed E-state index contributed by atoms with van der Waals surface area (Å²) in [5.41, 5.74) is 2.55. The number of carboxylic acid groups (broad SMARTS) is 1. The van der Waals surface area contributed by atoms with E-state index >= 15 is 0 Å². The second kappa shape index (κ2) is 5.67. The molecule has 0 saturated heterocycles. The highest BCUT2D eigenvalue weighted by Crippen LogP contribution is 2.13. The second-order valence-electron chi connectivity index (χ2n) is 4.74. The van der Waals surface area contributed by atoms with E-state index < -0.39 is 11.9 Å². The number of hydrogen-bond acceptors (Lipinski definition) is 2. The van der Waals surface area contributed by atoms with E-state index in [0.29, 0.717) is 5.56 Å². The van der Waals surface area contributed by atoms with Crippen LogP contribution in [0.25, 0.3) is 0 Å². The molecule has 0 aliphatic carbocycles. The first-order valence-corrected chi connectivity index (χ1v) is 5.88. The molecule has 1 aromatic carbocycles. The molecule has 0 fully saturated rings. The van der Waals surface area contributed by atoms with Crippen LogP contribution < -0.4 is 0 Å². The number of aliphatic carboxylic acids is 1. The van der Waals surface area contributed by atoms with Gasteiger partial charge >= 0.3 is 5.97 Å². The molecule has 1 atom stereocenters. The quantitative estimate of drug-likeness (QED) is 0.889. The number of hydrogen-bond donors (Lipinski definition) is 1. The van der Waals surface area contributed by atoms with Crippen molar-refractivity contribution < 1.29 is 14.7 Å². The third kappa shape index (κ3) is 3.32. The minimum atomic E-state index is -0.893. The Kier molecular flexibility index (Phi) is 4.48. The highest BCUT2D eigenvalue weighted by Gasteiger charge is 2.19. The van der Waals surface area contributed by atoms with Gasteiger partial charge in [0.15, 0.2) is 0 Å². The van der Waals surface area contributed by atoms with E-state index in [1.807, 2.05) is 32.0 Å². The fraction of sp³-hybridized carbons (Fsp3) is 0.429. The van der Waals surface area contributed by atoms with Crippen LogP contribution in [0.1, 0.15) is 28.4 Å². The summed E-state index contributed by atoms with van der Waals surface area (Å²) in [5, 5.41) is 8.84. The molecule has 1 rings (SSSR count). The molecule has 1 aromatic rings. The molecule has 0 aliphatic rings. The molecule has 0 radical (unpaired) electrons. The Hall–Kier alpha value is -1.84. The number of carboxylic acids is 1. The fourth-order valence-corrected chi connectivity index (χ4v) is 1.74.